The Balaban J connectivity index is 0.00000341. The Labute approximate surface area is 202 Å². The van der Waals surface area contributed by atoms with E-state index in [9.17, 15) is 0 Å². The van der Waals surface area contributed by atoms with Crippen LogP contribution in [-0.2, 0) is 17.8 Å². The van der Waals surface area contributed by atoms with Crippen LogP contribution < -0.4 is 10.6 Å². The molecule has 0 saturated carbocycles. The normalized spacial score (nSPS) is 12.1. The molecule has 31 heavy (non-hydrogen) atoms. The van der Waals surface area contributed by atoms with Gasteiger partial charge in [0.2, 0.25) is 0 Å². The summed E-state index contributed by atoms with van der Waals surface area (Å²) in [7, 11) is 1.79. The van der Waals surface area contributed by atoms with Gasteiger partial charge < -0.3 is 15.4 Å². The number of nitrogens with one attached hydrogen (secondary N) is 2. The maximum atomic E-state index is 5.92. The van der Waals surface area contributed by atoms with E-state index >= 15 is 0 Å². The quantitative estimate of drug-likeness (QED) is 0.176. The molecule has 3 aromatic rings. The molecular formula is C24H32IN5O. The van der Waals surface area contributed by atoms with Gasteiger partial charge in [0.05, 0.1) is 12.6 Å². The van der Waals surface area contributed by atoms with Crippen molar-refractivity contribution in [2.45, 2.75) is 32.5 Å². The van der Waals surface area contributed by atoms with E-state index in [4.69, 9.17) is 4.74 Å². The summed E-state index contributed by atoms with van der Waals surface area (Å²) in [5.74, 6) is 0.795. The molecule has 0 aliphatic carbocycles. The first-order valence-electron chi connectivity index (χ1n) is 10.4. The van der Waals surface area contributed by atoms with E-state index in [1.165, 1.54) is 16.7 Å². The summed E-state index contributed by atoms with van der Waals surface area (Å²) in [6.07, 6.45) is 4.80. The highest BCUT2D eigenvalue weighted by Gasteiger charge is 2.05. The lowest BCUT2D eigenvalue weighted by molar-refractivity contribution is 0.0646. The number of nitrogens with zero attached hydrogens (tertiary/aromatic N) is 3. The SMILES string of the molecule is CN=C(NCCCOC(C)c1ccccc1)NCc1cccc(Cn2cccn2)c1.I. The van der Waals surface area contributed by atoms with Gasteiger partial charge in [-0.2, -0.15) is 5.10 Å². The predicted octanol–water partition coefficient (Wildman–Crippen LogP) is 4.38. The number of halogens is 1. The minimum absolute atomic E-state index is 0. The van der Waals surface area contributed by atoms with E-state index in [0.29, 0.717) is 13.2 Å². The van der Waals surface area contributed by atoms with Crippen molar-refractivity contribution in [2.24, 2.45) is 4.99 Å². The molecule has 0 aliphatic rings. The molecule has 1 atom stereocenters. The van der Waals surface area contributed by atoms with Crippen LogP contribution in [0, 0.1) is 0 Å². The zero-order chi connectivity index (χ0) is 21.0. The predicted molar refractivity (Wildman–Crippen MR) is 137 cm³/mol. The molecule has 0 amide bonds. The molecule has 1 unspecified atom stereocenters. The van der Waals surface area contributed by atoms with Gasteiger partial charge in [-0.15, -0.1) is 24.0 Å². The van der Waals surface area contributed by atoms with Crippen molar-refractivity contribution >= 4 is 29.9 Å². The van der Waals surface area contributed by atoms with Crippen molar-refractivity contribution in [3.05, 3.63) is 89.7 Å². The molecule has 0 radical (unpaired) electrons. The fraction of sp³-hybridized carbons (Fsp3) is 0.333. The number of ether oxygens (including phenoxy) is 1. The monoisotopic (exact) mass is 533 g/mol. The van der Waals surface area contributed by atoms with Crippen molar-refractivity contribution in [3.8, 4) is 0 Å². The number of hydrogen-bond donors (Lipinski definition) is 2. The molecule has 166 valence electrons. The number of hydrogen-bond acceptors (Lipinski definition) is 3. The van der Waals surface area contributed by atoms with E-state index in [0.717, 1.165) is 25.5 Å². The Morgan fingerprint density at radius 3 is 2.61 bits per heavy atom. The van der Waals surface area contributed by atoms with Crippen LogP contribution in [0.15, 0.2) is 78.0 Å². The third kappa shape index (κ3) is 8.70. The topological polar surface area (TPSA) is 63.5 Å². The third-order valence-electron chi connectivity index (χ3n) is 4.83. The van der Waals surface area contributed by atoms with Gasteiger partial charge in [0.1, 0.15) is 0 Å². The van der Waals surface area contributed by atoms with E-state index in [1.807, 2.05) is 35.1 Å². The Morgan fingerprint density at radius 2 is 1.87 bits per heavy atom. The molecule has 0 spiro atoms. The lowest BCUT2D eigenvalue weighted by Gasteiger charge is -2.15. The van der Waals surface area contributed by atoms with Gasteiger partial charge in [0, 0.05) is 39.1 Å². The van der Waals surface area contributed by atoms with Gasteiger partial charge in [-0.25, -0.2) is 0 Å². The highest BCUT2D eigenvalue weighted by atomic mass is 127. The average Bonchev–Trinajstić information content (AvgIpc) is 3.29. The summed E-state index contributed by atoms with van der Waals surface area (Å²) in [6.45, 7) is 5.09. The molecule has 0 bridgehead atoms. The van der Waals surface area contributed by atoms with E-state index < -0.39 is 0 Å². The maximum absolute atomic E-state index is 5.92. The molecule has 0 fully saturated rings. The molecule has 7 heteroatoms. The van der Waals surface area contributed by atoms with Crippen molar-refractivity contribution in [3.63, 3.8) is 0 Å². The zero-order valence-corrected chi connectivity index (χ0v) is 20.5. The van der Waals surface area contributed by atoms with Gasteiger partial charge >= 0.3 is 0 Å². The first-order valence-corrected chi connectivity index (χ1v) is 10.4. The maximum Gasteiger partial charge on any atom is 0.191 e. The van der Waals surface area contributed by atoms with Gasteiger partial charge in [0.25, 0.3) is 0 Å². The second-order valence-electron chi connectivity index (χ2n) is 7.15. The number of guanidine groups is 1. The Kier molecular flexibility index (Phi) is 11.1. The average molecular weight is 533 g/mol. The Hall–Kier alpha value is -2.39. The first-order chi connectivity index (χ1) is 14.7. The fourth-order valence-corrected chi connectivity index (χ4v) is 3.18. The third-order valence-corrected chi connectivity index (χ3v) is 4.83. The van der Waals surface area contributed by atoms with Crippen LogP contribution >= 0.6 is 24.0 Å². The number of benzene rings is 2. The highest BCUT2D eigenvalue weighted by molar-refractivity contribution is 14.0. The standard InChI is InChI=1S/C24H31N5O.HI/c1-20(23-11-4-3-5-12-23)30-16-8-13-26-24(25-2)27-18-21-9-6-10-22(17-21)19-29-15-7-14-28-29;/h3-7,9-12,14-15,17,20H,8,13,16,18-19H2,1-2H3,(H2,25,26,27);1H. The van der Waals surface area contributed by atoms with Crippen LogP contribution in [0.2, 0.25) is 0 Å². The largest absolute Gasteiger partial charge is 0.374 e. The Bertz CT molecular complexity index is 899. The summed E-state index contributed by atoms with van der Waals surface area (Å²) in [4.78, 5) is 4.31. The summed E-state index contributed by atoms with van der Waals surface area (Å²) >= 11 is 0. The summed E-state index contributed by atoms with van der Waals surface area (Å²) in [5.41, 5.74) is 3.64. The summed E-state index contributed by atoms with van der Waals surface area (Å²) < 4.78 is 7.85. The van der Waals surface area contributed by atoms with Crippen LogP contribution in [0.5, 0.6) is 0 Å². The van der Waals surface area contributed by atoms with Crippen LogP contribution in [0.3, 0.4) is 0 Å². The molecule has 3 rings (SSSR count). The number of rotatable bonds is 10. The van der Waals surface area contributed by atoms with Crippen LogP contribution in [0.25, 0.3) is 0 Å². The molecule has 1 heterocycles. The van der Waals surface area contributed by atoms with Gasteiger partial charge in [-0.3, -0.25) is 9.67 Å². The Morgan fingerprint density at radius 1 is 1.06 bits per heavy atom. The smallest absolute Gasteiger partial charge is 0.191 e. The van der Waals surface area contributed by atoms with Crippen molar-refractivity contribution in [1.29, 1.82) is 0 Å². The van der Waals surface area contributed by atoms with Gasteiger partial charge in [-0.1, -0.05) is 54.6 Å². The summed E-state index contributed by atoms with van der Waals surface area (Å²) in [6, 6.07) is 20.7. The van der Waals surface area contributed by atoms with E-state index in [-0.39, 0.29) is 30.1 Å². The molecule has 2 N–H and O–H groups in total. The fourth-order valence-electron chi connectivity index (χ4n) is 3.18. The van der Waals surface area contributed by atoms with E-state index in [1.54, 1.807) is 13.2 Å². The second-order valence-corrected chi connectivity index (χ2v) is 7.15. The van der Waals surface area contributed by atoms with E-state index in [2.05, 4.69) is 64.0 Å². The second kappa shape index (κ2) is 13.8. The van der Waals surface area contributed by atoms with Crippen molar-refractivity contribution < 1.29 is 4.74 Å². The van der Waals surface area contributed by atoms with Crippen LogP contribution in [0.4, 0.5) is 0 Å². The van der Waals surface area contributed by atoms with Gasteiger partial charge in [-0.05, 0) is 36.1 Å². The zero-order valence-electron chi connectivity index (χ0n) is 18.2. The minimum Gasteiger partial charge on any atom is -0.374 e. The molecule has 0 aliphatic heterocycles. The van der Waals surface area contributed by atoms with Crippen molar-refractivity contribution in [2.75, 3.05) is 20.2 Å². The molecule has 6 nitrogen and oxygen atoms in total. The van der Waals surface area contributed by atoms with Crippen molar-refractivity contribution in [1.82, 2.24) is 20.4 Å². The lowest BCUT2D eigenvalue weighted by Crippen LogP contribution is -2.37. The molecule has 2 aromatic carbocycles. The minimum atomic E-state index is 0. The van der Waals surface area contributed by atoms with Gasteiger partial charge in [0.15, 0.2) is 5.96 Å². The highest BCUT2D eigenvalue weighted by Crippen LogP contribution is 2.15. The first kappa shape index (κ1) is 24.9. The molecular weight excluding hydrogens is 501 g/mol. The number of aliphatic imine (C=N–C) groups is 1. The summed E-state index contributed by atoms with van der Waals surface area (Å²) in [5, 5.41) is 11.0. The lowest BCUT2D eigenvalue weighted by atomic mass is 10.1. The van der Waals surface area contributed by atoms with Crippen LogP contribution in [-0.4, -0.2) is 35.9 Å². The number of aromatic nitrogens is 2. The van der Waals surface area contributed by atoms with Crippen LogP contribution in [0.1, 0.15) is 36.1 Å². The molecule has 1 aromatic heterocycles. The molecule has 0 saturated heterocycles.